The van der Waals surface area contributed by atoms with E-state index in [1.807, 2.05) is 43.3 Å². The van der Waals surface area contributed by atoms with Gasteiger partial charge in [-0.3, -0.25) is 9.59 Å². The van der Waals surface area contributed by atoms with Crippen LogP contribution in [0, 0.1) is 5.92 Å². The van der Waals surface area contributed by atoms with Crippen molar-refractivity contribution in [1.82, 2.24) is 10.6 Å². The monoisotopic (exact) mass is 437 g/mol. The van der Waals surface area contributed by atoms with Crippen molar-refractivity contribution in [2.45, 2.75) is 57.9 Å². The second-order valence-corrected chi connectivity index (χ2v) is 8.60. The summed E-state index contributed by atoms with van der Waals surface area (Å²) in [5.41, 5.74) is 2.07. The average molecular weight is 438 g/mol. The lowest BCUT2D eigenvalue weighted by Gasteiger charge is -2.21. The molecule has 1 atom stereocenters. The number of benzene rings is 2. The molecule has 1 fully saturated rings. The lowest BCUT2D eigenvalue weighted by Crippen LogP contribution is -2.35. The van der Waals surface area contributed by atoms with E-state index in [-0.39, 0.29) is 23.0 Å². The molecule has 2 amide bonds. The van der Waals surface area contributed by atoms with Gasteiger partial charge in [0.15, 0.2) is 5.11 Å². The summed E-state index contributed by atoms with van der Waals surface area (Å²) in [4.78, 5) is 25.1. The van der Waals surface area contributed by atoms with Gasteiger partial charge < -0.3 is 16.0 Å². The SMILES string of the molecule is CC(NC(=O)c1ccccc1NC(=S)NC(=O)CCC1CCCCC1)c1ccccc1. The fourth-order valence-electron chi connectivity index (χ4n) is 4.04. The lowest BCUT2D eigenvalue weighted by molar-refractivity contribution is -0.120. The maximum absolute atomic E-state index is 12.8. The van der Waals surface area contributed by atoms with Crippen LogP contribution in [0.25, 0.3) is 0 Å². The van der Waals surface area contributed by atoms with E-state index >= 15 is 0 Å². The molecule has 1 unspecified atom stereocenters. The molecule has 0 bridgehead atoms. The first-order valence-electron chi connectivity index (χ1n) is 11.1. The van der Waals surface area contributed by atoms with Crippen molar-refractivity contribution in [2.75, 3.05) is 5.32 Å². The molecule has 31 heavy (non-hydrogen) atoms. The lowest BCUT2D eigenvalue weighted by atomic mass is 9.86. The minimum absolute atomic E-state index is 0.0808. The molecular weight excluding hydrogens is 406 g/mol. The van der Waals surface area contributed by atoms with Crippen LogP contribution >= 0.6 is 12.2 Å². The van der Waals surface area contributed by atoms with Crippen LogP contribution in [0.15, 0.2) is 54.6 Å². The third-order valence-electron chi connectivity index (χ3n) is 5.82. The van der Waals surface area contributed by atoms with Gasteiger partial charge in [0.25, 0.3) is 5.91 Å². The van der Waals surface area contributed by atoms with Gasteiger partial charge in [-0.25, -0.2) is 0 Å². The smallest absolute Gasteiger partial charge is 0.253 e. The maximum atomic E-state index is 12.8. The largest absolute Gasteiger partial charge is 0.345 e. The van der Waals surface area contributed by atoms with Gasteiger partial charge in [-0.05, 0) is 49.2 Å². The second-order valence-electron chi connectivity index (χ2n) is 8.20. The van der Waals surface area contributed by atoms with E-state index in [4.69, 9.17) is 12.2 Å². The average Bonchev–Trinajstić information content (AvgIpc) is 2.79. The van der Waals surface area contributed by atoms with Crippen LogP contribution in [0.3, 0.4) is 0 Å². The van der Waals surface area contributed by atoms with E-state index in [2.05, 4.69) is 16.0 Å². The van der Waals surface area contributed by atoms with E-state index in [1.54, 1.807) is 18.2 Å². The number of hydrogen-bond donors (Lipinski definition) is 3. The summed E-state index contributed by atoms with van der Waals surface area (Å²) in [6, 6.07) is 16.8. The molecule has 2 aromatic carbocycles. The van der Waals surface area contributed by atoms with Crippen molar-refractivity contribution < 1.29 is 9.59 Å². The molecular formula is C25H31N3O2S. The molecule has 0 aromatic heterocycles. The summed E-state index contributed by atoms with van der Waals surface area (Å²) in [7, 11) is 0. The number of carbonyl (C=O) groups excluding carboxylic acids is 2. The number of thiocarbonyl (C=S) groups is 1. The first-order valence-corrected chi connectivity index (χ1v) is 11.5. The molecule has 5 nitrogen and oxygen atoms in total. The Balaban J connectivity index is 1.53. The number of anilines is 1. The molecule has 2 aromatic rings. The zero-order chi connectivity index (χ0) is 22.1. The van der Waals surface area contributed by atoms with Crippen molar-refractivity contribution in [3.63, 3.8) is 0 Å². The van der Waals surface area contributed by atoms with E-state index < -0.39 is 0 Å². The van der Waals surface area contributed by atoms with Gasteiger partial charge in [-0.2, -0.15) is 0 Å². The number of para-hydroxylation sites is 1. The van der Waals surface area contributed by atoms with E-state index in [0.29, 0.717) is 23.6 Å². The van der Waals surface area contributed by atoms with Gasteiger partial charge >= 0.3 is 0 Å². The van der Waals surface area contributed by atoms with Crippen molar-refractivity contribution in [1.29, 1.82) is 0 Å². The molecule has 3 N–H and O–H groups in total. The molecule has 0 aliphatic heterocycles. The second kappa shape index (κ2) is 11.6. The molecule has 1 aliphatic rings. The predicted molar refractivity (Wildman–Crippen MR) is 129 cm³/mol. The Bertz CT molecular complexity index is 895. The number of amides is 2. The molecule has 1 saturated carbocycles. The summed E-state index contributed by atoms with van der Waals surface area (Å²) < 4.78 is 0. The Kier molecular flexibility index (Phi) is 8.59. The highest BCUT2D eigenvalue weighted by Gasteiger charge is 2.17. The standard InChI is InChI=1S/C25H31N3O2S/c1-18(20-12-6-3-7-13-20)26-24(30)21-14-8-9-15-22(21)27-25(31)28-23(29)17-16-19-10-4-2-5-11-19/h3,6-9,12-15,18-19H,2,4-5,10-11,16-17H2,1H3,(H,26,30)(H2,27,28,29,31). The fraction of sp³-hybridized carbons (Fsp3) is 0.400. The zero-order valence-corrected chi connectivity index (χ0v) is 18.8. The Hall–Kier alpha value is -2.73. The summed E-state index contributed by atoms with van der Waals surface area (Å²) in [6.07, 6.45) is 7.68. The highest BCUT2D eigenvalue weighted by Crippen LogP contribution is 2.27. The van der Waals surface area contributed by atoms with Crippen molar-refractivity contribution in [3.05, 3.63) is 65.7 Å². The predicted octanol–water partition coefficient (Wildman–Crippen LogP) is 5.35. The molecule has 164 valence electrons. The highest BCUT2D eigenvalue weighted by molar-refractivity contribution is 7.80. The van der Waals surface area contributed by atoms with Crippen LogP contribution in [0.2, 0.25) is 0 Å². The molecule has 3 rings (SSSR count). The van der Waals surface area contributed by atoms with Crippen molar-refractivity contribution in [2.24, 2.45) is 5.92 Å². The number of nitrogens with one attached hydrogen (secondary N) is 3. The minimum Gasteiger partial charge on any atom is -0.345 e. The summed E-state index contributed by atoms with van der Waals surface area (Å²) in [5, 5.41) is 8.99. The van der Waals surface area contributed by atoms with Crippen LogP contribution < -0.4 is 16.0 Å². The Labute approximate surface area is 190 Å². The molecule has 0 saturated heterocycles. The number of carbonyl (C=O) groups is 2. The third-order valence-corrected chi connectivity index (χ3v) is 6.03. The van der Waals surface area contributed by atoms with Gasteiger partial charge in [-0.15, -0.1) is 0 Å². The van der Waals surface area contributed by atoms with Gasteiger partial charge in [0.05, 0.1) is 17.3 Å². The first kappa shape index (κ1) is 22.9. The van der Waals surface area contributed by atoms with Crippen molar-refractivity contribution in [3.8, 4) is 0 Å². The van der Waals surface area contributed by atoms with E-state index in [9.17, 15) is 9.59 Å². The summed E-state index contributed by atoms with van der Waals surface area (Å²) in [5.74, 6) is 0.366. The van der Waals surface area contributed by atoms with Crippen molar-refractivity contribution >= 4 is 34.8 Å². The normalized spacial score (nSPS) is 15.0. The van der Waals surface area contributed by atoms with Gasteiger partial charge in [0.1, 0.15) is 0 Å². The first-order chi connectivity index (χ1) is 15.0. The molecule has 0 spiro atoms. The van der Waals surface area contributed by atoms with E-state index in [1.165, 1.54) is 32.1 Å². The third kappa shape index (κ3) is 7.17. The fourth-order valence-corrected chi connectivity index (χ4v) is 4.27. The molecule has 0 heterocycles. The van der Waals surface area contributed by atoms with Gasteiger partial charge in [0.2, 0.25) is 5.91 Å². The Morgan fingerprint density at radius 2 is 1.68 bits per heavy atom. The number of rotatable bonds is 7. The molecule has 1 aliphatic carbocycles. The molecule has 6 heteroatoms. The van der Waals surface area contributed by atoms with E-state index in [0.717, 1.165) is 12.0 Å². The Morgan fingerprint density at radius 3 is 2.42 bits per heavy atom. The van der Waals surface area contributed by atoms with Crippen LogP contribution in [0.4, 0.5) is 5.69 Å². The maximum Gasteiger partial charge on any atom is 0.253 e. The molecule has 0 radical (unpaired) electrons. The van der Waals surface area contributed by atoms with Crippen LogP contribution in [-0.2, 0) is 4.79 Å². The minimum atomic E-state index is -0.203. The summed E-state index contributed by atoms with van der Waals surface area (Å²) in [6.45, 7) is 1.94. The van der Waals surface area contributed by atoms with Gasteiger partial charge in [-0.1, -0.05) is 74.6 Å². The van der Waals surface area contributed by atoms with Crippen LogP contribution in [0.5, 0.6) is 0 Å². The summed E-state index contributed by atoms with van der Waals surface area (Å²) >= 11 is 5.32. The van der Waals surface area contributed by atoms with Crippen LogP contribution in [0.1, 0.15) is 73.8 Å². The quantitative estimate of drug-likeness (QED) is 0.511. The topological polar surface area (TPSA) is 70.2 Å². The number of hydrogen-bond acceptors (Lipinski definition) is 3. The Morgan fingerprint density at radius 1 is 1.00 bits per heavy atom. The van der Waals surface area contributed by atoms with Crippen LogP contribution in [-0.4, -0.2) is 16.9 Å². The highest BCUT2D eigenvalue weighted by atomic mass is 32.1. The van der Waals surface area contributed by atoms with Gasteiger partial charge in [0, 0.05) is 6.42 Å². The zero-order valence-electron chi connectivity index (χ0n) is 18.0.